The topological polar surface area (TPSA) is 35.2 Å². The molecule has 2 aromatic rings. The second kappa shape index (κ2) is 5.85. The molecule has 2 aromatic carbocycles. The maximum atomic E-state index is 12.8. The second-order valence-electron chi connectivity index (χ2n) is 4.73. The minimum atomic E-state index is -0.235. The predicted octanol–water partition coefficient (Wildman–Crippen LogP) is 3.73. The molecule has 2 rings (SSSR count). The fourth-order valence-electron chi connectivity index (χ4n) is 1.86. The highest BCUT2D eigenvalue weighted by atomic mass is 19.1. The number of halogens is 1. The van der Waals surface area contributed by atoms with Gasteiger partial charge in [0.05, 0.1) is 0 Å². The van der Waals surface area contributed by atoms with Crippen LogP contribution in [0.15, 0.2) is 42.5 Å². The summed E-state index contributed by atoms with van der Waals surface area (Å²) in [6, 6.07) is 12.3. The van der Waals surface area contributed by atoms with E-state index in [1.807, 2.05) is 32.0 Å². The van der Waals surface area contributed by atoms with Crippen molar-refractivity contribution in [1.82, 2.24) is 0 Å². The van der Waals surface area contributed by atoms with Crippen LogP contribution >= 0.6 is 0 Å². The van der Waals surface area contributed by atoms with Crippen LogP contribution in [0.5, 0.6) is 5.75 Å². The molecule has 0 bridgehead atoms. The van der Waals surface area contributed by atoms with Gasteiger partial charge < -0.3 is 10.5 Å². The van der Waals surface area contributed by atoms with Gasteiger partial charge in [-0.2, -0.15) is 0 Å². The Balaban J connectivity index is 2.05. The molecule has 100 valence electrons. The SMILES string of the molecule is Cc1cc([C@H](C)N)ccc1OCc1ccc(F)cc1. The molecule has 2 nitrogen and oxygen atoms in total. The van der Waals surface area contributed by atoms with Crippen molar-refractivity contribution in [3.05, 3.63) is 65.0 Å². The Labute approximate surface area is 113 Å². The summed E-state index contributed by atoms with van der Waals surface area (Å²) >= 11 is 0. The summed E-state index contributed by atoms with van der Waals surface area (Å²) in [7, 11) is 0. The first kappa shape index (κ1) is 13.6. The van der Waals surface area contributed by atoms with E-state index in [1.54, 1.807) is 12.1 Å². The summed E-state index contributed by atoms with van der Waals surface area (Å²) < 4.78 is 18.5. The van der Waals surface area contributed by atoms with Crippen LogP contribution in [-0.2, 0) is 6.61 Å². The average Bonchev–Trinajstić information content (AvgIpc) is 2.39. The molecule has 0 amide bonds. The van der Waals surface area contributed by atoms with Crippen LogP contribution in [0.2, 0.25) is 0 Å². The molecule has 2 N–H and O–H groups in total. The molecule has 0 spiro atoms. The van der Waals surface area contributed by atoms with Gasteiger partial charge in [-0.3, -0.25) is 0 Å². The highest BCUT2D eigenvalue weighted by Crippen LogP contribution is 2.22. The summed E-state index contributed by atoms with van der Waals surface area (Å²) in [6.45, 7) is 4.37. The van der Waals surface area contributed by atoms with Crippen LogP contribution in [0.25, 0.3) is 0 Å². The highest BCUT2D eigenvalue weighted by Gasteiger charge is 2.04. The summed E-state index contributed by atoms with van der Waals surface area (Å²) in [5, 5.41) is 0. The Morgan fingerprint density at radius 1 is 1.16 bits per heavy atom. The van der Waals surface area contributed by atoms with E-state index in [1.165, 1.54) is 12.1 Å². The molecule has 0 aliphatic rings. The highest BCUT2D eigenvalue weighted by molar-refractivity contribution is 5.37. The molecular weight excluding hydrogens is 241 g/mol. The lowest BCUT2D eigenvalue weighted by molar-refractivity contribution is 0.304. The third kappa shape index (κ3) is 3.55. The lowest BCUT2D eigenvalue weighted by atomic mass is 10.1. The standard InChI is InChI=1S/C16H18FNO/c1-11-9-14(12(2)18)5-8-16(11)19-10-13-3-6-15(17)7-4-13/h3-9,12H,10,18H2,1-2H3/t12-/m0/s1. The van der Waals surface area contributed by atoms with E-state index >= 15 is 0 Å². The molecule has 3 heteroatoms. The molecule has 0 aromatic heterocycles. The smallest absolute Gasteiger partial charge is 0.123 e. The van der Waals surface area contributed by atoms with Gasteiger partial charge in [-0.05, 0) is 48.7 Å². The second-order valence-corrected chi connectivity index (χ2v) is 4.73. The Morgan fingerprint density at radius 3 is 2.42 bits per heavy atom. The summed E-state index contributed by atoms with van der Waals surface area (Å²) in [4.78, 5) is 0. The van der Waals surface area contributed by atoms with Gasteiger partial charge in [0.1, 0.15) is 18.2 Å². The van der Waals surface area contributed by atoms with Crippen LogP contribution in [0, 0.1) is 12.7 Å². The number of ether oxygens (including phenoxy) is 1. The predicted molar refractivity (Wildman–Crippen MR) is 74.5 cm³/mol. The zero-order chi connectivity index (χ0) is 13.8. The largest absolute Gasteiger partial charge is 0.489 e. The molecule has 0 unspecified atom stereocenters. The van der Waals surface area contributed by atoms with E-state index in [2.05, 4.69) is 0 Å². The zero-order valence-electron chi connectivity index (χ0n) is 11.2. The van der Waals surface area contributed by atoms with Crippen molar-refractivity contribution in [2.45, 2.75) is 26.5 Å². The monoisotopic (exact) mass is 259 g/mol. The maximum Gasteiger partial charge on any atom is 0.123 e. The number of hydrogen-bond acceptors (Lipinski definition) is 2. The van der Waals surface area contributed by atoms with Gasteiger partial charge in [-0.1, -0.05) is 24.3 Å². The number of aryl methyl sites for hydroxylation is 1. The van der Waals surface area contributed by atoms with Crippen LogP contribution in [0.1, 0.15) is 29.7 Å². The summed E-state index contributed by atoms with van der Waals surface area (Å²) in [5.74, 6) is 0.593. The van der Waals surface area contributed by atoms with Crippen molar-refractivity contribution in [3.8, 4) is 5.75 Å². The van der Waals surface area contributed by atoms with Crippen molar-refractivity contribution in [3.63, 3.8) is 0 Å². The van der Waals surface area contributed by atoms with Crippen molar-refractivity contribution in [2.75, 3.05) is 0 Å². The first-order valence-corrected chi connectivity index (χ1v) is 6.29. The van der Waals surface area contributed by atoms with Crippen molar-refractivity contribution in [2.24, 2.45) is 5.73 Å². The molecule has 19 heavy (non-hydrogen) atoms. The molecule has 0 saturated carbocycles. The Morgan fingerprint density at radius 2 is 1.84 bits per heavy atom. The summed E-state index contributed by atoms with van der Waals surface area (Å²) in [6.07, 6.45) is 0. The van der Waals surface area contributed by atoms with E-state index in [-0.39, 0.29) is 11.9 Å². The van der Waals surface area contributed by atoms with Gasteiger partial charge in [0.25, 0.3) is 0 Å². The number of nitrogens with two attached hydrogens (primary N) is 1. The first-order chi connectivity index (χ1) is 9.06. The maximum absolute atomic E-state index is 12.8. The lowest BCUT2D eigenvalue weighted by Gasteiger charge is -2.12. The molecule has 0 aliphatic heterocycles. The van der Waals surface area contributed by atoms with E-state index < -0.39 is 0 Å². The fraction of sp³-hybridized carbons (Fsp3) is 0.250. The molecule has 0 aliphatic carbocycles. The normalized spacial score (nSPS) is 12.2. The van der Waals surface area contributed by atoms with E-state index in [4.69, 9.17) is 10.5 Å². The minimum absolute atomic E-state index is 0.0184. The van der Waals surface area contributed by atoms with Gasteiger partial charge in [-0.25, -0.2) is 4.39 Å². The number of rotatable bonds is 4. The minimum Gasteiger partial charge on any atom is -0.489 e. The van der Waals surface area contributed by atoms with Gasteiger partial charge >= 0.3 is 0 Å². The van der Waals surface area contributed by atoms with Gasteiger partial charge in [0.15, 0.2) is 0 Å². The number of benzene rings is 2. The van der Waals surface area contributed by atoms with Crippen molar-refractivity contribution in [1.29, 1.82) is 0 Å². The first-order valence-electron chi connectivity index (χ1n) is 6.29. The zero-order valence-corrected chi connectivity index (χ0v) is 11.2. The van der Waals surface area contributed by atoms with Crippen LogP contribution < -0.4 is 10.5 Å². The molecular formula is C16H18FNO. The van der Waals surface area contributed by atoms with E-state index in [0.717, 1.165) is 22.4 Å². The van der Waals surface area contributed by atoms with Crippen molar-refractivity contribution >= 4 is 0 Å². The molecule has 0 heterocycles. The van der Waals surface area contributed by atoms with Gasteiger partial charge in [0, 0.05) is 6.04 Å². The summed E-state index contributed by atoms with van der Waals surface area (Å²) in [5.41, 5.74) is 8.92. The quantitative estimate of drug-likeness (QED) is 0.908. The average molecular weight is 259 g/mol. The molecule has 0 radical (unpaired) electrons. The molecule has 0 fully saturated rings. The third-order valence-corrected chi connectivity index (χ3v) is 3.03. The van der Waals surface area contributed by atoms with Crippen LogP contribution in [-0.4, -0.2) is 0 Å². The fourth-order valence-corrected chi connectivity index (χ4v) is 1.86. The third-order valence-electron chi connectivity index (χ3n) is 3.03. The van der Waals surface area contributed by atoms with E-state index in [9.17, 15) is 4.39 Å². The Hall–Kier alpha value is -1.87. The van der Waals surface area contributed by atoms with Crippen LogP contribution in [0.3, 0.4) is 0 Å². The van der Waals surface area contributed by atoms with Crippen molar-refractivity contribution < 1.29 is 9.13 Å². The van der Waals surface area contributed by atoms with E-state index in [0.29, 0.717) is 6.61 Å². The molecule has 0 saturated heterocycles. The molecule has 1 atom stereocenters. The number of hydrogen-bond donors (Lipinski definition) is 1. The Kier molecular flexibility index (Phi) is 4.17. The van der Waals surface area contributed by atoms with Gasteiger partial charge in [0.2, 0.25) is 0 Å². The lowest BCUT2D eigenvalue weighted by Crippen LogP contribution is -2.05. The van der Waals surface area contributed by atoms with Crippen LogP contribution in [0.4, 0.5) is 4.39 Å². The van der Waals surface area contributed by atoms with Gasteiger partial charge in [-0.15, -0.1) is 0 Å². The Bertz CT molecular complexity index is 549.